The molecular weight excluding hydrogens is 208 g/mol. The summed E-state index contributed by atoms with van der Waals surface area (Å²) in [5.41, 5.74) is 0. The molecule has 15 heavy (non-hydrogen) atoms. The summed E-state index contributed by atoms with van der Waals surface area (Å²) in [7, 11) is 0. The van der Waals surface area contributed by atoms with Crippen molar-refractivity contribution in [2.75, 3.05) is 12.4 Å². The Morgan fingerprint density at radius 2 is 2.13 bits per heavy atom. The molecule has 2 rings (SSSR count). The number of hydrogen-bond acceptors (Lipinski definition) is 3. The molecule has 0 spiro atoms. The highest BCUT2D eigenvalue weighted by atomic mass is 32.2. The van der Waals surface area contributed by atoms with Crippen LogP contribution in [0.1, 0.15) is 12.8 Å². The zero-order chi connectivity index (χ0) is 10.5. The molecule has 0 N–H and O–H groups in total. The highest BCUT2D eigenvalue weighted by Crippen LogP contribution is 2.21. The van der Waals surface area contributed by atoms with Gasteiger partial charge in [-0.2, -0.15) is 0 Å². The van der Waals surface area contributed by atoms with Crippen molar-refractivity contribution in [1.82, 2.24) is 0 Å². The van der Waals surface area contributed by atoms with Crippen LogP contribution < -0.4 is 0 Å². The molecule has 1 aliphatic heterocycles. The van der Waals surface area contributed by atoms with Gasteiger partial charge in [0.05, 0.1) is 0 Å². The summed E-state index contributed by atoms with van der Waals surface area (Å²) < 4.78 is 5.44. The minimum absolute atomic E-state index is 0.191. The molecule has 1 saturated heterocycles. The SMILES string of the molecule is O=C1CCCOC1CSc1ccccc1. The minimum Gasteiger partial charge on any atom is -0.370 e. The number of ketones is 1. The van der Waals surface area contributed by atoms with E-state index in [4.69, 9.17) is 4.74 Å². The highest BCUT2D eigenvalue weighted by Gasteiger charge is 2.22. The Bertz CT molecular complexity index is 324. The zero-order valence-corrected chi connectivity index (χ0v) is 9.33. The molecule has 0 amide bonds. The molecular formula is C12H14O2S. The number of ether oxygens (including phenoxy) is 1. The van der Waals surface area contributed by atoms with Gasteiger partial charge < -0.3 is 4.74 Å². The highest BCUT2D eigenvalue weighted by molar-refractivity contribution is 7.99. The first-order chi connectivity index (χ1) is 7.36. The van der Waals surface area contributed by atoms with Crippen LogP contribution in [0, 0.1) is 0 Å². The average molecular weight is 222 g/mol. The lowest BCUT2D eigenvalue weighted by Crippen LogP contribution is -2.31. The number of carbonyl (C=O) groups excluding carboxylic acids is 1. The standard InChI is InChI=1S/C12H14O2S/c13-11-7-4-8-14-12(11)9-15-10-5-2-1-3-6-10/h1-3,5-6,12H,4,7-9H2. The molecule has 3 heteroatoms. The molecule has 2 nitrogen and oxygen atoms in total. The molecule has 0 radical (unpaired) electrons. The van der Waals surface area contributed by atoms with Crippen molar-refractivity contribution in [3.05, 3.63) is 30.3 Å². The number of thioether (sulfide) groups is 1. The van der Waals surface area contributed by atoms with E-state index >= 15 is 0 Å². The topological polar surface area (TPSA) is 26.3 Å². The van der Waals surface area contributed by atoms with Crippen molar-refractivity contribution in [1.29, 1.82) is 0 Å². The van der Waals surface area contributed by atoms with E-state index in [0.29, 0.717) is 6.42 Å². The van der Waals surface area contributed by atoms with Gasteiger partial charge in [0.2, 0.25) is 0 Å². The first kappa shape index (κ1) is 10.7. The maximum atomic E-state index is 11.5. The van der Waals surface area contributed by atoms with Gasteiger partial charge in [-0.3, -0.25) is 4.79 Å². The van der Waals surface area contributed by atoms with E-state index in [2.05, 4.69) is 12.1 Å². The molecule has 80 valence electrons. The predicted molar refractivity (Wildman–Crippen MR) is 61.1 cm³/mol. The maximum Gasteiger partial charge on any atom is 0.162 e. The van der Waals surface area contributed by atoms with Gasteiger partial charge in [-0.05, 0) is 18.6 Å². The molecule has 0 saturated carbocycles. The van der Waals surface area contributed by atoms with Crippen LogP contribution in [0.25, 0.3) is 0 Å². The number of rotatable bonds is 3. The summed E-state index contributed by atoms with van der Waals surface area (Å²) >= 11 is 1.68. The Morgan fingerprint density at radius 1 is 1.33 bits per heavy atom. The van der Waals surface area contributed by atoms with Gasteiger partial charge >= 0.3 is 0 Å². The van der Waals surface area contributed by atoms with Crippen LogP contribution in [-0.4, -0.2) is 24.2 Å². The molecule has 1 fully saturated rings. The summed E-state index contributed by atoms with van der Waals surface area (Å²) in [5, 5.41) is 0. The van der Waals surface area contributed by atoms with Crippen molar-refractivity contribution in [3.63, 3.8) is 0 Å². The second kappa shape index (κ2) is 5.33. The lowest BCUT2D eigenvalue weighted by molar-refractivity contribution is -0.133. The van der Waals surface area contributed by atoms with Gasteiger partial charge in [-0.15, -0.1) is 11.8 Å². The monoisotopic (exact) mass is 222 g/mol. The summed E-state index contributed by atoms with van der Waals surface area (Å²) in [4.78, 5) is 12.7. The first-order valence-corrected chi connectivity index (χ1v) is 6.17. The first-order valence-electron chi connectivity index (χ1n) is 5.18. The molecule has 1 heterocycles. The van der Waals surface area contributed by atoms with Gasteiger partial charge in [0.1, 0.15) is 6.10 Å². The minimum atomic E-state index is -0.191. The van der Waals surface area contributed by atoms with Gasteiger partial charge in [0.25, 0.3) is 0 Å². The van der Waals surface area contributed by atoms with Crippen LogP contribution in [0.2, 0.25) is 0 Å². The average Bonchev–Trinajstić information content (AvgIpc) is 2.29. The van der Waals surface area contributed by atoms with Crippen molar-refractivity contribution >= 4 is 17.5 Å². The number of benzene rings is 1. The number of carbonyl (C=O) groups is 1. The van der Waals surface area contributed by atoms with E-state index in [0.717, 1.165) is 18.8 Å². The van der Waals surface area contributed by atoms with Gasteiger partial charge in [-0.25, -0.2) is 0 Å². The molecule has 1 atom stereocenters. The summed E-state index contributed by atoms with van der Waals surface area (Å²) in [5.74, 6) is 0.993. The quantitative estimate of drug-likeness (QED) is 0.735. The third kappa shape index (κ3) is 3.08. The Labute approximate surface area is 94.0 Å². The van der Waals surface area contributed by atoms with Gasteiger partial charge in [0.15, 0.2) is 5.78 Å². The van der Waals surface area contributed by atoms with E-state index in [9.17, 15) is 4.79 Å². The van der Waals surface area contributed by atoms with Crippen molar-refractivity contribution in [2.24, 2.45) is 0 Å². The Balaban J connectivity index is 1.85. The molecule has 1 aliphatic rings. The fourth-order valence-corrected chi connectivity index (χ4v) is 2.53. The zero-order valence-electron chi connectivity index (χ0n) is 8.52. The predicted octanol–water partition coefficient (Wildman–Crippen LogP) is 2.53. The van der Waals surface area contributed by atoms with E-state index in [-0.39, 0.29) is 11.9 Å². The lowest BCUT2D eigenvalue weighted by Gasteiger charge is -2.20. The van der Waals surface area contributed by atoms with Crippen molar-refractivity contribution in [3.8, 4) is 0 Å². The van der Waals surface area contributed by atoms with Crippen LogP contribution in [-0.2, 0) is 9.53 Å². The van der Waals surface area contributed by atoms with Crippen molar-refractivity contribution < 1.29 is 9.53 Å². The molecule has 0 aromatic heterocycles. The van der Waals surface area contributed by atoms with Crippen LogP contribution in [0.15, 0.2) is 35.2 Å². The molecule has 1 unspecified atom stereocenters. The second-order valence-electron chi connectivity index (χ2n) is 3.55. The summed E-state index contributed by atoms with van der Waals surface area (Å²) in [6.45, 7) is 0.728. The third-order valence-corrected chi connectivity index (χ3v) is 3.47. The molecule has 0 aliphatic carbocycles. The largest absolute Gasteiger partial charge is 0.370 e. The summed E-state index contributed by atoms with van der Waals surface area (Å²) in [6.07, 6.45) is 1.37. The Kier molecular flexibility index (Phi) is 3.80. The van der Waals surface area contributed by atoms with E-state index in [1.54, 1.807) is 11.8 Å². The Hall–Kier alpha value is -0.800. The smallest absolute Gasteiger partial charge is 0.162 e. The maximum absolute atomic E-state index is 11.5. The van der Waals surface area contributed by atoms with Crippen LogP contribution >= 0.6 is 11.8 Å². The third-order valence-electron chi connectivity index (χ3n) is 2.39. The lowest BCUT2D eigenvalue weighted by atomic mass is 10.1. The summed E-state index contributed by atoms with van der Waals surface area (Å²) in [6, 6.07) is 10.1. The van der Waals surface area contributed by atoms with E-state index in [1.165, 1.54) is 4.90 Å². The van der Waals surface area contributed by atoms with Crippen LogP contribution in [0.4, 0.5) is 0 Å². The fourth-order valence-electron chi connectivity index (χ4n) is 1.56. The number of Topliss-reactive ketones (excluding diaryl/α,β-unsaturated/α-hetero) is 1. The van der Waals surface area contributed by atoms with E-state index < -0.39 is 0 Å². The molecule has 1 aromatic carbocycles. The van der Waals surface area contributed by atoms with Crippen LogP contribution in [0.3, 0.4) is 0 Å². The normalized spacial score (nSPS) is 21.6. The van der Waals surface area contributed by atoms with Crippen LogP contribution in [0.5, 0.6) is 0 Å². The second-order valence-corrected chi connectivity index (χ2v) is 4.65. The molecule has 0 bridgehead atoms. The van der Waals surface area contributed by atoms with E-state index in [1.807, 2.05) is 18.2 Å². The van der Waals surface area contributed by atoms with Gasteiger partial charge in [-0.1, -0.05) is 18.2 Å². The fraction of sp³-hybridized carbons (Fsp3) is 0.417. The molecule has 1 aromatic rings. The number of hydrogen-bond donors (Lipinski definition) is 0. The Morgan fingerprint density at radius 3 is 2.87 bits per heavy atom. The van der Waals surface area contributed by atoms with Gasteiger partial charge in [0, 0.05) is 23.7 Å². The van der Waals surface area contributed by atoms with Crippen molar-refractivity contribution in [2.45, 2.75) is 23.8 Å².